The van der Waals surface area contributed by atoms with Gasteiger partial charge in [-0.25, -0.2) is 0 Å². The van der Waals surface area contributed by atoms with Gasteiger partial charge in [-0.05, 0) is 37.0 Å². The molecule has 1 aliphatic rings. The van der Waals surface area contributed by atoms with Crippen LogP contribution in [0.25, 0.3) is 0 Å². The van der Waals surface area contributed by atoms with Crippen LogP contribution < -0.4 is 0 Å². The molecule has 1 heteroatoms. The molecule has 0 aromatic rings. The van der Waals surface area contributed by atoms with E-state index in [0.29, 0.717) is 5.41 Å². The first kappa shape index (κ1) is 10.3. The van der Waals surface area contributed by atoms with Gasteiger partial charge >= 0.3 is 0 Å². The molecule has 1 fully saturated rings. The maximum absolute atomic E-state index is 4.19. The molecule has 0 saturated heterocycles. The SMILES string of the molecule is C=C1CCCC(C)(C)C1CCBr. The Morgan fingerprint density at radius 2 is 2.25 bits per heavy atom. The molecule has 0 nitrogen and oxygen atoms in total. The fraction of sp³-hybridized carbons (Fsp3) is 0.818. The molecule has 1 aliphatic carbocycles. The lowest BCUT2D eigenvalue weighted by molar-refractivity contribution is 0.187. The zero-order valence-electron chi connectivity index (χ0n) is 8.20. The lowest BCUT2D eigenvalue weighted by Gasteiger charge is -2.40. The molecule has 0 amide bonds. The molecule has 12 heavy (non-hydrogen) atoms. The molecule has 0 N–H and O–H groups in total. The van der Waals surface area contributed by atoms with Gasteiger partial charge in [0.15, 0.2) is 0 Å². The van der Waals surface area contributed by atoms with E-state index in [2.05, 4.69) is 36.4 Å². The average Bonchev–Trinajstić information content (AvgIpc) is 1.97. The molecule has 0 radical (unpaired) electrons. The molecular weight excluding hydrogens is 212 g/mol. The fourth-order valence-electron chi connectivity index (χ4n) is 2.38. The van der Waals surface area contributed by atoms with Crippen molar-refractivity contribution in [2.75, 3.05) is 5.33 Å². The second kappa shape index (κ2) is 3.95. The van der Waals surface area contributed by atoms with E-state index in [1.807, 2.05) is 0 Å². The Morgan fingerprint density at radius 1 is 1.58 bits per heavy atom. The smallest absolute Gasteiger partial charge is 0.00372 e. The largest absolute Gasteiger partial charge is 0.0996 e. The Morgan fingerprint density at radius 3 is 2.75 bits per heavy atom. The van der Waals surface area contributed by atoms with Crippen LogP contribution in [0.4, 0.5) is 0 Å². The van der Waals surface area contributed by atoms with Crippen LogP contribution in [-0.4, -0.2) is 5.33 Å². The Labute approximate surface area is 84.6 Å². The van der Waals surface area contributed by atoms with Crippen LogP contribution in [0.15, 0.2) is 12.2 Å². The van der Waals surface area contributed by atoms with Gasteiger partial charge in [0.05, 0.1) is 0 Å². The molecule has 0 aliphatic heterocycles. The number of halogens is 1. The third-order valence-corrected chi connectivity index (χ3v) is 3.61. The third-order valence-electron chi connectivity index (χ3n) is 3.15. The highest BCUT2D eigenvalue weighted by molar-refractivity contribution is 9.09. The minimum atomic E-state index is 0.489. The minimum Gasteiger partial charge on any atom is -0.0996 e. The van der Waals surface area contributed by atoms with Crippen LogP contribution in [0.3, 0.4) is 0 Å². The summed E-state index contributed by atoms with van der Waals surface area (Å²) in [6.07, 6.45) is 5.21. The maximum atomic E-state index is 4.19. The van der Waals surface area contributed by atoms with E-state index < -0.39 is 0 Å². The van der Waals surface area contributed by atoms with Crippen molar-refractivity contribution < 1.29 is 0 Å². The van der Waals surface area contributed by atoms with Crippen LogP contribution in [0, 0.1) is 11.3 Å². The Kier molecular flexibility index (Phi) is 3.39. The van der Waals surface area contributed by atoms with Gasteiger partial charge in [-0.15, -0.1) is 0 Å². The quantitative estimate of drug-likeness (QED) is 0.494. The van der Waals surface area contributed by atoms with Gasteiger partial charge in [0.2, 0.25) is 0 Å². The molecule has 1 rings (SSSR count). The van der Waals surface area contributed by atoms with Crippen molar-refractivity contribution in [2.45, 2.75) is 39.5 Å². The number of alkyl halides is 1. The Balaban J connectivity index is 2.67. The number of hydrogen-bond acceptors (Lipinski definition) is 0. The highest BCUT2D eigenvalue weighted by Crippen LogP contribution is 2.44. The molecular formula is C11H19Br. The lowest BCUT2D eigenvalue weighted by atomic mass is 9.66. The van der Waals surface area contributed by atoms with Crippen LogP contribution in [0.2, 0.25) is 0 Å². The van der Waals surface area contributed by atoms with Crippen molar-refractivity contribution in [1.29, 1.82) is 0 Å². The zero-order valence-corrected chi connectivity index (χ0v) is 9.78. The van der Waals surface area contributed by atoms with E-state index in [4.69, 9.17) is 0 Å². The van der Waals surface area contributed by atoms with E-state index in [9.17, 15) is 0 Å². The van der Waals surface area contributed by atoms with Gasteiger partial charge in [-0.1, -0.05) is 41.9 Å². The normalized spacial score (nSPS) is 28.9. The van der Waals surface area contributed by atoms with Crippen molar-refractivity contribution in [1.82, 2.24) is 0 Å². The second-order valence-corrected chi connectivity index (χ2v) is 5.32. The molecule has 1 atom stereocenters. The number of hydrogen-bond donors (Lipinski definition) is 0. The first-order valence-corrected chi connectivity index (χ1v) is 5.93. The topological polar surface area (TPSA) is 0 Å². The van der Waals surface area contributed by atoms with Gasteiger partial charge in [0.25, 0.3) is 0 Å². The number of allylic oxidation sites excluding steroid dienone is 1. The van der Waals surface area contributed by atoms with E-state index >= 15 is 0 Å². The predicted octanol–water partition coefficient (Wildman–Crippen LogP) is 4.15. The van der Waals surface area contributed by atoms with E-state index in [0.717, 1.165) is 11.2 Å². The van der Waals surface area contributed by atoms with Crippen molar-refractivity contribution in [3.05, 3.63) is 12.2 Å². The van der Waals surface area contributed by atoms with Crippen LogP contribution in [0.5, 0.6) is 0 Å². The molecule has 0 bridgehead atoms. The van der Waals surface area contributed by atoms with Gasteiger partial charge in [0, 0.05) is 5.33 Å². The van der Waals surface area contributed by atoms with Gasteiger partial charge in [0.1, 0.15) is 0 Å². The summed E-state index contributed by atoms with van der Waals surface area (Å²) < 4.78 is 0. The third kappa shape index (κ3) is 2.12. The fourth-order valence-corrected chi connectivity index (χ4v) is 2.83. The van der Waals surface area contributed by atoms with Gasteiger partial charge in [-0.3, -0.25) is 0 Å². The van der Waals surface area contributed by atoms with Crippen LogP contribution in [0.1, 0.15) is 39.5 Å². The van der Waals surface area contributed by atoms with E-state index in [1.54, 1.807) is 0 Å². The summed E-state index contributed by atoms with van der Waals surface area (Å²) in [4.78, 5) is 0. The van der Waals surface area contributed by atoms with Crippen LogP contribution in [-0.2, 0) is 0 Å². The molecule has 0 aromatic heterocycles. The van der Waals surface area contributed by atoms with Crippen molar-refractivity contribution >= 4 is 15.9 Å². The van der Waals surface area contributed by atoms with Crippen molar-refractivity contribution in [3.63, 3.8) is 0 Å². The maximum Gasteiger partial charge on any atom is 0.00372 e. The average molecular weight is 231 g/mol. The number of rotatable bonds is 2. The Bertz CT molecular complexity index is 170. The van der Waals surface area contributed by atoms with Gasteiger partial charge in [-0.2, -0.15) is 0 Å². The predicted molar refractivity (Wildman–Crippen MR) is 58.7 cm³/mol. The molecule has 0 aromatic carbocycles. The summed E-state index contributed by atoms with van der Waals surface area (Å²) in [6, 6.07) is 0. The highest BCUT2D eigenvalue weighted by atomic mass is 79.9. The van der Waals surface area contributed by atoms with Gasteiger partial charge < -0.3 is 0 Å². The van der Waals surface area contributed by atoms with Crippen molar-refractivity contribution in [2.24, 2.45) is 11.3 Å². The Hall–Kier alpha value is 0.220. The highest BCUT2D eigenvalue weighted by Gasteiger charge is 2.33. The summed E-state index contributed by atoms with van der Waals surface area (Å²) in [5.41, 5.74) is 1.97. The summed E-state index contributed by atoms with van der Waals surface area (Å²) in [5.74, 6) is 0.741. The molecule has 0 heterocycles. The molecule has 0 spiro atoms. The summed E-state index contributed by atoms with van der Waals surface area (Å²) in [7, 11) is 0. The minimum absolute atomic E-state index is 0.489. The zero-order chi connectivity index (χ0) is 9.19. The summed E-state index contributed by atoms with van der Waals surface area (Å²) >= 11 is 3.52. The standard InChI is InChI=1S/C11H19Br/c1-9-5-4-7-11(2,3)10(9)6-8-12/h10H,1,4-8H2,2-3H3. The molecule has 1 unspecified atom stereocenters. The first-order chi connectivity index (χ1) is 5.58. The summed E-state index contributed by atoms with van der Waals surface area (Å²) in [5, 5.41) is 1.11. The van der Waals surface area contributed by atoms with E-state index in [-0.39, 0.29) is 0 Å². The second-order valence-electron chi connectivity index (χ2n) is 4.53. The molecule has 70 valence electrons. The van der Waals surface area contributed by atoms with Crippen LogP contribution >= 0.6 is 15.9 Å². The molecule has 1 saturated carbocycles. The van der Waals surface area contributed by atoms with Crippen molar-refractivity contribution in [3.8, 4) is 0 Å². The first-order valence-electron chi connectivity index (χ1n) is 4.81. The van der Waals surface area contributed by atoms with E-state index in [1.165, 1.54) is 31.3 Å². The summed E-state index contributed by atoms with van der Waals surface area (Å²) in [6.45, 7) is 8.95. The lowest BCUT2D eigenvalue weighted by Crippen LogP contribution is -2.29. The monoisotopic (exact) mass is 230 g/mol.